The van der Waals surface area contributed by atoms with Gasteiger partial charge in [0.25, 0.3) is 0 Å². The number of aromatic nitrogens is 1. The first-order valence-electron chi connectivity index (χ1n) is 7.62. The minimum Gasteiger partial charge on any atom is -0.497 e. The lowest BCUT2D eigenvalue weighted by Gasteiger charge is -2.17. The molecule has 120 valence electrons. The van der Waals surface area contributed by atoms with Gasteiger partial charge >= 0.3 is 0 Å². The normalized spacial score (nSPS) is 13.8. The second-order valence-corrected chi connectivity index (χ2v) is 5.63. The number of carbonyl (C=O) groups is 1. The van der Waals surface area contributed by atoms with Crippen molar-refractivity contribution >= 4 is 16.8 Å². The number of fused-ring (bicyclic) bond motifs is 1. The van der Waals surface area contributed by atoms with Crippen molar-refractivity contribution in [2.75, 3.05) is 13.7 Å². The van der Waals surface area contributed by atoms with Crippen LogP contribution in [0.4, 0.5) is 0 Å². The lowest BCUT2D eigenvalue weighted by molar-refractivity contribution is -0.122. The second-order valence-electron chi connectivity index (χ2n) is 5.63. The Balaban J connectivity index is 1.97. The molecule has 1 amide bonds. The van der Waals surface area contributed by atoms with Gasteiger partial charge in [-0.15, -0.1) is 0 Å². The van der Waals surface area contributed by atoms with Gasteiger partial charge in [-0.2, -0.15) is 0 Å². The van der Waals surface area contributed by atoms with E-state index in [4.69, 9.17) is 4.74 Å². The number of carbonyl (C=O) groups excluding carboxylic acids is 1. The number of rotatable bonds is 7. The molecular weight excluding hydrogens is 280 g/mol. The van der Waals surface area contributed by atoms with Crippen LogP contribution in [-0.2, 0) is 11.3 Å². The minimum absolute atomic E-state index is 0.101. The molecule has 0 saturated carbocycles. The molecular formula is C17H24N2O3. The van der Waals surface area contributed by atoms with Crippen molar-refractivity contribution in [1.29, 1.82) is 0 Å². The SMILES string of the molecule is CCC(C)C(O)CNC(=O)Cn1ccc2cc(OC)ccc21. The standard InChI is InChI=1S/C17H24N2O3/c1-4-12(2)16(20)10-18-17(21)11-19-8-7-13-9-14(22-3)5-6-15(13)19/h5-9,12,16,20H,4,10-11H2,1-3H3,(H,18,21). The number of ether oxygens (including phenoxy) is 1. The highest BCUT2D eigenvalue weighted by Gasteiger charge is 2.14. The Kier molecular flexibility index (Phi) is 5.44. The summed E-state index contributed by atoms with van der Waals surface area (Å²) in [6, 6.07) is 7.72. The van der Waals surface area contributed by atoms with Gasteiger partial charge in [-0.05, 0) is 30.2 Å². The van der Waals surface area contributed by atoms with Crippen molar-refractivity contribution in [3.63, 3.8) is 0 Å². The largest absolute Gasteiger partial charge is 0.497 e. The zero-order chi connectivity index (χ0) is 16.1. The van der Waals surface area contributed by atoms with Gasteiger partial charge in [0.1, 0.15) is 12.3 Å². The number of nitrogens with one attached hydrogen (secondary N) is 1. The van der Waals surface area contributed by atoms with Gasteiger partial charge in [-0.3, -0.25) is 4.79 Å². The van der Waals surface area contributed by atoms with Gasteiger partial charge in [-0.1, -0.05) is 20.3 Å². The summed E-state index contributed by atoms with van der Waals surface area (Å²) in [6.07, 6.45) is 2.27. The van der Waals surface area contributed by atoms with E-state index in [9.17, 15) is 9.90 Å². The Morgan fingerprint density at radius 2 is 2.18 bits per heavy atom. The first kappa shape index (κ1) is 16.4. The molecule has 1 aromatic carbocycles. The highest BCUT2D eigenvalue weighted by Crippen LogP contribution is 2.21. The average Bonchev–Trinajstić information content (AvgIpc) is 2.93. The smallest absolute Gasteiger partial charge is 0.240 e. The Morgan fingerprint density at radius 3 is 2.86 bits per heavy atom. The molecule has 2 aromatic rings. The molecule has 0 spiro atoms. The summed E-state index contributed by atoms with van der Waals surface area (Å²) in [4.78, 5) is 12.0. The van der Waals surface area contributed by atoms with Gasteiger partial charge in [0.05, 0.1) is 13.2 Å². The number of hydrogen-bond acceptors (Lipinski definition) is 3. The molecule has 0 bridgehead atoms. The van der Waals surface area contributed by atoms with Crippen LogP contribution in [0.5, 0.6) is 5.75 Å². The van der Waals surface area contributed by atoms with Crippen LogP contribution in [0.3, 0.4) is 0 Å². The zero-order valence-electron chi connectivity index (χ0n) is 13.4. The molecule has 5 nitrogen and oxygen atoms in total. The van der Waals surface area contributed by atoms with Crippen molar-refractivity contribution in [2.45, 2.75) is 32.9 Å². The number of methoxy groups -OCH3 is 1. The summed E-state index contributed by atoms with van der Waals surface area (Å²) in [7, 11) is 1.63. The van der Waals surface area contributed by atoms with E-state index in [1.165, 1.54) is 0 Å². The van der Waals surface area contributed by atoms with Gasteiger partial charge in [-0.25, -0.2) is 0 Å². The topological polar surface area (TPSA) is 63.5 Å². The maximum Gasteiger partial charge on any atom is 0.240 e. The lowest BCUT2D eigenvalue weighted by atomic mass is 10.0. The molecule has 2 atom stereocenters. The molecule has 0 aliphatic rings. The van der Waals surface area contributed by atoms with E-state index in [2.05, 4.69) is 5.32 Å². The van der Waals surface area contributed by atoms with E-state index in [-0.39, 0.29) is 18.4 Å². The molecule has 0 saturated heterocycles. The lowest BCUT2D eigenvalue weighted by Crippen LogP contribution is -2.36. The summed E-state index contributed by atoms with van der Waals surface area (Å²) >= 11 is 0. The van der Waals surface area contributed by atoms with Crippen LogP contribution in [0.1, 0.15) is 20.3 Å². The van der Waals surface area contributed by atoms with Crippen LogP contribution in [0, 0.1) is 5.92 Å². The summed E-state index contributed by atoms with van der Waals surface area (Å²) in [5, 5.41) is 13.7. The summed E-state index contributed by atoms with van der Waals surface area (Å²) in [5.41, 5.74) is 0.985. The molecule has 2 unspecified atom stereocenters. The molecule has 2 rings (SSSR count). The summed E-state index contributed by atoms with van der Waals surface area (Å²) < 4.78 is 7.08. The average molecular weight is 304 g/mol. The van der Waals surface area contributed by atoms with Crippen LogP contribution in [0.15, 0.2) is 30.5 Å². The molecule has 2 N–H and O–H groups in total. The number of aliphatic hydroxyl groups is 1. The summed E-state index contributed by atoms with van der Waals surface area (Å²) in [6.45, 7) is 4.53. The molecule has 0 fully saturated rings. The molecule has 0 aliphatic carbocycles. The van der Waals surface area contributed by atoms with E-state index in [0.717, 1.165) is 23.1 Å². The van der Waals surface area contributed by atoms with E-state index < -0.39 is 6.10 Å². The van der Waals surface area contributed by atoms with Crippen molar-refractivity contribution < 1.29 is 14.6 Å². The number of hydrogen-bond donors (Lipinski definition) is 2. The third-order valence-corrected chi connectivity index (χ3v) is 4.10. The van der Waals surface area contributed by atoms with Crippen LogP contribution in [0.25, 0.3) is 10.9 Å². The van der Waals surface area contributed by atoms with E-state index in [1.54, 1.807) is 7.11 Å². The predicted octanol–water partition coefficient (Wildman–Crippen LogP) is 2.17. The van der Waals surface area contributed by atoms with Crippen molar-refractivity contribution in [1.82, 2.24) is 9.88 Å². The maximum atomic E-state index is 12.0. The van der Waals surface area contributed by atoms with Gasteiger partial charge in [0.2, 0.25) is 5.91 Å². The summed E-state index contributed by atoms with van der Waals surface area (Å²) in [5.74, 6) is 0.877. The number of benzene rings is 1. The fourth-order valence-electron chi connectivity index (χ4n) is 2.35. The molecule has 5 heteroatoms. The maximum absolute atomic E-state index is 12.0. The van der Waals surface area contributed by atoms with E-state index in [0.29, 0.717) is 6.54 Å². The van der Waals surface area contributed by atoms with Crippen molar-refractivity contribution in [3.8, 4) is 5.75 Å². The Labute approximate surface area is 130 Å². The van der Waals surface area contributed by atoms with E-state index >= 15 is 0 Å². The monoisotopic (exact) mass is 304 g/mol. The highest BCUT2D eigenvalue weighted by molar-refractivity contribution is 5.84. The molecule has 1 heterocycles. The zero-order valence-corrected chi connectivity index (χ0v) is 13.4. The predicted molar refractivity (Wildman–Crippen MR) is 87.0 cm³/mol. The minimum atomic E-state index is -0.500. The molecule has 22 heavy (non-hydrogen) atoms. The number of aliphatic hydroxyl groups excluding tert-OH is 1. The van der Waals surface area contributed by atoms with Crippen molar-refractivity contribution in [3.05, 3.63) is 30.5 Å². The van der Waals surface area contributed by atoms with Gasteiger partial charge in [0.15, 0.2) is 0 Å². The first-order chi connectivity index (χ1) is 10.5. The Bertz CT molecular complexity index is 636. The fraction of sp³-hybridized carbons (Fsp3) is 0.471. The third-order valence-electron chi connectivity index (χ3n) is 4.10. The number of nitrogens with zero attached hydrogens (tertiary/aromatic N) is 1. The first-order valence-corrected chi connectivity index (χ1v) is 7.62. The quantitative estimate of drug-likeness (QED) is 0.824. The number of amides is 1. The fourth-order valence-corrected chi connectivity index (χ4v) is 2.35. The molecule has 0 radical (unpaired) electrons. The molecule has 0 aliphatic heterocycles. The Hall–Kier alpha value is -2.01. The Morgan fingerprint density at radius 1 is 1.41 bits per heavy atom. The van der Waals surface area contributed by atoms with Crippen LogP contribution >= 0.6 is 0 Å². The highest BCUT2D eigenvalue weighted by atomic mass is 16.5. The second kappa shape index (κ2) is 7.31. The van der Waals surface area contributed by atoms with Crippen LogP contribution in [-0.4, -0.2) is 35.3 Å². The van der Waals surface area contributed by atoms with Crippen molar-refractivity contribution in [2.24, 2.45) is 5.92 Å². The van der Waals surface area contributed by atoms with Gasteiger partial charge in [0, 0.05) is 23.6 Å². The van der Waals surface area contributed by atoms with Crippen LogP contribution < -0.4 is 10.1 Å². The third kappa shape index (κ3) is 3.80. The van der Waals surface area contributed by atoms with E-state index in [1.807, 2.05) is 48.9 Å². The molecule has 1 aromatic heterocycles. The van der Waals surface area contributed by atoms with Crippen LogP contribution in [0.2, 0.25) is 0 Å². The van der Waals surface area contributed by atoms with Gasteiger partial charge < -0.3 is 19.7 Å².